The second-order valence-electron chi connectivity index (χ2n) is 9.58. The number of piperazine rings is 1. The summed E-state index contributed by atoms with van der Waals surface area (Å²) in [6.07, 6.45) is 5.24. The quantitative estimate of drug-likeness (QED) is 0.368. The lowest BCUT2D eigenvalue weighted by Gasteiger charge is -2.33. The molecule has 0 spiro atoms. The number of hydrogen-bond acceptors (Lipinski definition) is 7. The van der Waals surface area contributed by atoms with Gasteiger partial charge in [-0.1, -0.05) is 23.7 Å². The second-order valence-corrected chi connectivity index (χ2v) is 13.0. The van der Waals surface area contributed by atoms with Crippen molar-refractivity contribution in [2.75, 3.05) is 26.2 Å². The van der Waals surface area contributed by atoms with Gasteiger partial charge in [0.15, 0.2) is 5.01 Å². The molecule has 4 heterocycles. The number of carbonyl (C=O) groups is 1. The summed E-state index contributed by atoms with van der Waals surface area (Å²) in [5.41, 5.74) is 2.20. The summed E-state index contributed by atoms with van der Waals surface area (Å²) < 4.78 is 28.1. The van der Waals surface area contributed by atoms with Crippen LogP contribution in [0.15, 0.2) is 65.8 Å². The van der Waals surface area contributed by atoms with Gasteiger partial charge in [0.25, 0.3) is 5.91 Å². The fraction of sp³-hybridized carbons (Fsp3) is 0.296. The first-order valence-electron chi connectivity index (χ1n) is 12.5. The van der Waals surface area contributed by atoms with Gasteiger partial charge in [-0.3, -0.25) is 9.78 Å². The first kappa shape index (κ1) is 27.9. The lowest BCUT2D eigenvalue weighted by atomic mass is 9.99. The molecule has 12 heteroatoms. The zero-order valence-corrected chi connectivity index (χ0v) is 24.1. The van der Waals surface area contributed by atoms with Gasteiger partial charge in [-0.15, -0.1) is 23.7 Å². The molecule has 6 rings (SSSR count). The van der Waals surface area contributed by atoms with Crippen LogP contribution in [0.1, 0.15) is 25.9 Å². The Bertz CT molecular complexity index is 1610. The summed E-state index contributed by atoms with van der Waals surface area (Å²) in [4.78, 5) is 25.1. The summed E-state index contributed by atoms with van der Waals surface area (Å²) >= 11 is 7.49. The molecule has 1 amide bonds. The number of hydrogen-bond donors (Lipinski definition) is 1. The fourth-order valence-corrected chi connectivity index (χ4v) is 7.68. The molecular weight excluding hydrogens is 577 g/mol. The van der Waals surface area contributed by atoms with Gasteiger partial charge >= 0.3 is 0 Å². The normalized spacial score (nSPS) is 18.0. The number of carbonyl (C=O) groups excluding carboxylic acids is 1. The Morgan fingerprint density at radius 2 is 1.74 bits per heavy atom. The number of pyridine rings is 1. The van der Waals surface area contributed by atoms with Gasteiger partial charge in [0, 0.05) is 67.5 Å². The van der Waals surface area contributed by atoms with E-state index in [2.05, 4.69) is 10.3 Å². The molecule has 1 atom stereocenters. The number of thiazole rings is 1. The van der Waals surface area contributed by atoms with Gasteiger partial charge in [-0.2, -0.15) is 4.31 Å². The van der Waals surface area contributed by atoms with E-state index in [-0.39, 0.29) is 42.3 Å². The monoisotopic (exact) mass is 603 g/mol. The van der Waals surface area contributed by atoms with E-state index in [9.17, 15) is 13.2 Å². The molecule has 2 aliphatic heterocycles. The molecule has 2 aromatic heterocycles. The lowest BCUT2D eigenvalue weighted by Crippen LogP contribution is -2.50. The van der Waals surface area contributed by atoms with Crippen LogP contribution in [0.4, 0.5) is 0 Å². The molecule has 1 N–H and O–H groups in total. The number of aromatic nitrogens is 2. The van der Waals surface area contributed by atoms with Gasteiger partial charge in [0.05, 0.1) is 10.6 Å². The van der Waals surface area contributed by atoms with E-state index in [1.807, 2.05) is 24.3 Å². The van der Waals surface area contributed by atoms with E-state index in [4.69, 9.17) is 16.6 Å². The Morgan fingerprint density at radius 3 is 2.51 bits per heavy atom. The lowest BCUT2D eigenvalue weighted by molar-refractivity contribution is 0.0697. The molecule has 1 unspecified atom stereocenters. The first-order chi connectivity index (χ1) is 18.4. The van der Waals surface area contributed by atoms with E-state index in [0.29, 0.717) is 29.7 Å². The van der Waals surface area contributed by atoms with Gasteiger partial charge < -0.3 is 10.2 Å². The van der Waals surface area contributed by atoms with Crippen LogP contribution in [0, 0.1) is 0 Å². The Kier molecular flexibility index (Phi) is 8.23. The van der Waals surface area contributed by atoms with E-state index in [1.54, 1.807) is 41.6 Å². The highest BCUT2D eigenvalue weighted by Gasteiger charge is 2.32. The van der Waals surface area contributed by atoms with Crippen LogP contribution in [0.2, 0.25) is 5.02 Å². The number of nitrogens with zero attached hydrogens (tertiary/aromatic N) is 4. The van der Waals surface area contributed by atoms with Crippen molar-refractivity contribution in [2.45, 2.75) is 30.3 Å². The molecule has 0 bridgehead atoms. The molecule has 204 valence electrons. The molecule has 1 saturated heterocycles. The second kappa shape index (κ2) is 11.5. The summed E-state index contributed by atoms with van der Waals surface area (Å²) in [6, 6.07) is 14.7. The van der Waals surface area contributed by atoms with Crippen LogP contribution in [-0.2, 0) is 29.4 Å². The average Bonchev–Trinajstić information content (AvgIpc) is 3.36. The third kappa shape index (κ3) is 5.82. The highest BCUT2D eigenvalue weighted by molar-refractivity contribution is 7.89. The maximum Gasteiger partial charge on any atom is 0.282 e. The Labute approximate surface area is 242 Å². The Hall–Kier alpha value is -2.60. The largest absolute Gasteiger partial charge is 0.334 e. The molecule has 39 heavy (non-hydrogen) atoms. The average molecular weight is 605 g/mol. The van der Waals surface area contributed by atoms with Crippen LogP contribution < -0.4 is 5.32 Å². The maximum atomic E-state index is 13.3. The number of rotatable bonds is 5. The van der Waals surface area contributed by atoms with Crippen molar-refractivity contribution >= 4 is 62.0 Å². The van der Waals surface area contributed by atoms with E-state index in [0.717, 1.165) is 34.2 Å². The molecule has 2 aromatic carbocycles. The Balaban J connectivity index is 0.00000308. The highest BCUT2D eigenvalue weighted by atomic mass is 35.5. The number of halogens is 2. The minimum Gasteiger partial charge on any atom is -0.334 e. The molecule has 1 fully saturated rings. The predicted molar refractivity (Wildman–Crippen MR) is 155 cm³/mol. The van der Waals surface area contributed by atoms with Crippen LogP contribution >= 0.6 is 35.3 Å². The van der Waals surface area contributed by atoms with E-state index < -0.39 is 10.0 Å². The van der Waals surface area contributed by atoms with Crippen molar-refractivity contribution in [3.63, 3.8) is 0 Å². The van der Waals surface area contributed by atoms with Gasteiger partial charge in [0.2, 0.25) is 10.0 Å². The molecule has 0 aliphatic carbocycles. The number of amides is 1. The van der Waals surface area contributed by atoms with Crippen molar-refractivity contribution in [3.8, 4) is 0 Å². The van der Waals surface area contributed by atoms with Crippen molar-refractivity contribution < 1.29 is 13.2 Å². The first-order valence-corrected chi connectivity index (χ1v) is 15.1. The SMILES string of the molecule is Cl.O=C(c1nc2c(s1)CNC(Cc1ccncc1)C2)N1CCN(S(=O)(=O)c2ccc3cc(Cl)ccc3c2)CC1. The summed E-state index contributed by atoms with van der Waals surface area (Å²) in [5, 5.41) is 6.34. The molecule has 4 aromatic rings. The predicted octanol–water partition coefficient (Wildman–Crippen LogP) is 4.17. The highest BCUT2D eigenvalue weighted by Crippen LogP contribution is 2.28. The third-order valence-electron chi connectivity index (χ3n) is 7.12. The molecule has 8 nitrogen and oxygen atoms in total. The van der Waals surface area contributed by atoms with Crippen molar-refractivity contribution in [3.05, 3.63) is 87.1 Å². The van der Waals surface area contributed by atoms with Gasteiger partial charge in [-0.05, 0) is 59.2 Å². The molecule has 2 aliphatic rings. The van der Waals surface area contributed by atoms with Crippen LogP contribution in [0.3, 0.4) is 0 Å². The van der Waals surface area contributed by atoms with E-state index in [1.165, 1.54) is 21.2 Å². The molecular formula is C27H27Cl2N5O3S2. The molecule has 0 radical (unpaired) electrons. The summed E-state index contributed by atoms with van der Waals surface area (Å²) in [7, 11) is -3.67. The number of fused-ring (bicyclic) bond motifs is 2. The number of sulfonamides is 1. The summed E-state index contributed by atoms with van der Waals surface area (Å²) in [5.74, 6) is -0.130. The van der Waals surface area contributed by atoms with Crippen LogP contribution in [-0.4, -0.2) is 65.7 Å². The van der Waals surface area contributed by atoms with Gasteiger partial charge in [-0.25, -0.2) is 13.4 Å². The minimum atomic E-state index is -3.67. The summed E-state index contributed by atoms with van der Waals surface area (Å²) in [6.45, 7) is 1.84. The van der Waals surface area contributed by atoms with Crippen molar-refractivity contribution in [1.29, 1.82) is 0 Å². The molecule has 0 saturated carbocycles. The topological polar surface area (TPSA) is 95.5 Å². The number of nitrogens with one attached hydrogen (secondary N) is 1. The van der Waals surface area contributed by atoms with E-state index >= 15 is 0 Å². The fourth-order valence-electron chi connectivity index (χ4n) is 5.03. The smallest absolute Gasteiger partial charge is 0.282 e. The van der Waals surface area contributed by atoms with Crippen LogP contribution in [0.25, 0.3) is 10.8 Å². The van der Waals surface area contributed by atoms with Crippen LogP contribution in [0.5, 0.6) is 0 Å². The maximum absolute atomic E-state index is 13.3. The number of benzene rings is 2. The van der Waals surface area contributed by atoms with Crippen molar-refractivity contribution in [2.24, 2.45) is 0 Å². The third-order valence-corrected chi connectivity index (χ3v) is 10.3. The Morgan fingerprint density at radius 1 is 1.03 bits per heavy atom. The zero-order chi connectivity index (χ0) is 26.3. The van der Waals surface area contributed by atoms with Gasteiger partial charge in [0.1, 0.15) is 0 Å². The minimum absolute atomic E-state index is 0. The zero-order valence-electron chi connectivity index (χ0n) is 20.9. The standard InChI is InChI=1S/C27H26ClN5O3S2.ClH/c28-21-3-1-20-15-23(4-2-19(20)14-21)38(35,36)33-11-9-32(10-12-33)27(34)26-31-24-16-22(30-17-25(24)37-26)13-18-5-7-29-8-6-18;/h1-8,14-15,22,30H,9-13,16-17H2;1H. The van der Waals surface area contributed by atoms with Crippen molar-refractivity contribution in [1.82, 2.24) is 24.5 Å².